The van der Waals surface area contributed by atoms with Crippen LogP contribution in [0, 0.1) is 0 Å². The SMILES string of the molecule is CCc1sc2ncn(Cc3cccc(C(=O)OC)c3)c(=O)c2c1-c1ccc(Br)cc1. The predicted molar refractivity (Wildman–Crippen MR) is 123 cm³/mol. The summed E-state index contributed by atoms with van der Waals surface area (Å²) >= 11 is 5.03. The van der Waals surface area contributed by atoms with Crippen LogP contribution < -0.4 is 5.56 Å². The zero-order chi connectivity index (χ0) is 21.3. The molecule has 4 aromatic rings. The molecule has 0 saturated carbocycles. The first-order chi connectivity index (χ1) is 14.5. The zero-order valence-corrected chi connectivity index (χ0v) is 18.9. The monoisotopic (exact) mass is 482 g/mol. The smallest absolute Gasteiger partial charge is 0.337 e. The molecule has 2 heterocycles. The van der Waals surface area contributed by atoms with Crippen LogP contribution in [-0.2, 0) is 17.7 Å². The van der Waals surface area contributed by atoms with Crippen molar-refractivity contribution < 1.29 is 9.53 Å². The summed E-state index contributed by atoms with van der Waals surface area (Å²) in [5, 5.41) is 0.644. The number of halogens is 1. The van der Waals surface area contributed by atoms with Crippen LogP contribution in [0.15, 0.2) is 64.1 Å². The van der Waals surface area contributed by atoms with E-state index in [1.54, 1.807) is 40.4 Å². The number of aryl methyl sites for hydroxylation is 1. The maximum absolute atomic E-state index is 13.4. The van der Waals surface area contributed by atoms with Crippen LogP contribution in [0.25, 0.3) is 21.3 Å². The maximum atomic E-state index is 13.4. The van der Waals surface area contributed by atoms with Crippen molar-refractivity contribution in [2.45, 2.75) is 19.9 Å². The Morgan fingerprint density at radius 1 is 1.20 bits per heavy atom. The number of thiophene rings is 1. The number of carbonyl (C=O) groups is 1. The third-order valence-electron chi connectivity index (χ3n) is 4.91. The summed E-state index contributed by atoms with van der Waals surface area (Å²) in [7, 11) is 1.35. The van der Waals surface area contributed by atoms with Gasteiger partial charge in [-0.2, -0.15) is 0 Å². The minimum atomic E-state index is -0.402. The van der Waals surface area contributed by atoms with Crippen molar-refractivity contribution in [1.29, 1.82) is 0 Å². The Hall–Kier alpha value is -2.77. The lowest BCUT2D eigenvalue weighted by Gasteiger charge is -2.08. The summed E-state index contributed by atoms with van der Waals surface area (Å²) in [6, 6.07) is 15.1. The predicted octanol–water partition coefficient (Wildman–Crippen LogP) is 5.28. The van der Waals surface area contributed by atoms with Gasteiger partial charge in [0.25, 0.3) is 5.56 Å². The second kappa shape index (κ2) is 8.53. The quantitative estimate of drug-likeness (QED) is 0.362. The average Bonchev–Trinajstić information content (AvgIpc) is 3.15. The van der Waals surface area contributed by atoms with Gasteiger partial charge in [-0.25, -0.2) is 9.78 Å². The first kappa shape index (κ1) is 20.5. The molecular weight excluding hydrogens is 464 g/mol. The second-order valence-electron chi connectivity index (χ2n) is 6.81. The van der Waals surface area contributed by atoms with E-state index in [4.69, 9.17) is 4.74 Å². The Morgan fingerprint density at radius 2 is 1.97 bits per heavy atom. The van der Waals surface area contributed by atoms with Gasteiger partial charge >= 0.3 is 5.97 Å². The Balaban J connectivity index is 1.83. The number of methoxy groups -OCH3 is 1. The Bertz CT molecular complexity index is 1290. The molecule has 7 heteroatoms. The summed E-state index contributed by atoms with van der Waals surface area (Å²) in [6.45, 7) is 2.41. The second-order valence-corrected chi connectivity index (χ2v) is 8.81. The van der Waals surface area contributed by atoms with Crippen molar-refractivity contribution >= 4 is 43.5 Å². The lowest BCUT2D eigenvalue weighted by Crippen LogP contribution is -2.21. The van der Waals surface area contributed by atoms with Crippen molar-refractivity contribution in [3.05, 3.63) is 85.7 Å². The zero-order valence-electron chi connectivity index (χ0n) is 16.5. The van der Waals surface area contributed by atoms with Crippen molar-refractivity contribution in [2.75, 3.05) is 7.11 Å². The highest BCUT2D eigenvalue weighted by Crippen LogP contribution is 2.36. The maximum Gasteiger partial charge on any atom is 0.337 e. The number of esters is 1. The van der Waals surface area contributed by atoms with Gasteiger partial charge in [0.1, 0.15) is 4.83 Å². The molecule has 5 nitrogen and oxygen atoms in total. The van der Waals surface area contributed by atoms with E-state index in [2.05, 4.69) is 27.8 Å². The van der Waals surface area contributed by atoms with Gasteiger partial charge in [0.2, 0.25) is 0 Å². The normalized spacial score (nSPS) is 11.0. The molecule has 0 fully saturated rings. The van der Waals surface area contributed by atoms with Gasteiger partial charge < -0.3 is 4.74 Å². The summed E-state index contributed by atoms with van der Waals surface area (Å²) in [5.41, 5.74) is 3.16. The molecule has 0 aliphatic rings. The molecule has 152 valence electrons. The fourth-order valence-corrected chi connectivity index (χ4v) is 4.82. The van der Waals surface area contributed by atoms with E-state index in [0.29, 0.717) is 17.5 Å². The van der Waals surface area contributed by atoms with Crippen molar-refractivity contribution in [3.63, 3.8) is 0 Å². The molecular formula is C23H19BrN2O3S. The lowest BCUT2D eigenvalue weighted by molar-refractivity contribution is 0.0600. The lowest BCUT2D eigenvalue weighted by atomic mass is 10.0. The molecule has 0 atom stereocenters. The van der Waals surface area contributed by atoms with E-state index in [1.807, 2.05) is 30.3 Å². The van der Waals surface area contributed by atoms with Gasteiger partial charge in [-0.05, 0) is 41.8 Å². The molecule has 4 rings (SSSR count). The number of hydrogen-bond acceptors (Lipinski definition) is 5. The Morgan fingerprint density at radius 3 is 2.67 bits per heavy atom. The van der Waals surface area contributed by atoms with Crippen LogP contribution >= 0.6 is 27.3 Å². The number of hydrogen-bond donors (Lipinski definition) is 0. The molecule has 0 spiro atoms. The molecule has 0 amide bonds. The largest absolute Gasteiger partial charge is 0.465 e. The van der Waals surface area contributed by atoms with E-state index < -0.39 is 5.97 Å². The van der Waals surface area contributed by atoms with Gasteiger partial charge in [-0.1, -0.05) is 47.1 Å². The van der Waals surface area contributed by atoms with Gasteiger partial charge in [0.15, 0.2) is 0 Å². The highest BCUT2D eigenvalue weighted by molar-refractivity contribution is 9.10. The van der Waals surface area contributed by atoms with E-state index >= 15 is 0 Å². The number of carbonyl (C=O) groups excluding carboxylic acids is 1. The number of aromatic nitrogens is 2. The number of nitrogens with zero attached hydrogens (tertiary/aromatic N) is 2. The molecule has 0 unspecified atom stereocenters. The highest BCUT2D eigenvalue weighted by Gasteiger charge is 2.18. The van der Waals surface area contributed by atoms with Gasteiger partial charge in [0.05, 0.1) is 30.9 Å². The van der Waals surface area contributed by atoms with E-state index in [1.165, 1.54) is 7.11 Å². The van der Waals surface area contributed by atoms with Crippen LogP contribution in [0.1, 0.15) is 27.7 Å². The van der Waals surface area contributed by atoms with E-state index in [9.17, 15) is 9.59 Å². The molecule has 0 aliphatic heterocycles. The van der Waals surface area contributed by atoms with Gasteiger partial charge in [-0.3, -0.25) is 9.36 Å². The van der Waals surface area contributed by atoms with Crippen LogP contribution in [0.2, 0.25) is 0 Å². The topological polar surface area (TPSA) is 61.2 Å². The van der Waals surface area contributed by atoms with Crippen LogP contribution in [-0.4, -0.2) is 22.6 Å². The number of ether oxygens (including phenoxy) is 1. The molecule has 2 aromatic carbocycles. The van der Waals surface area contributed by atoms with E-state index in [-0.39, 0.29) is 5.56 Å². The van der Waals surface area contributed by atoms with Crippen LogP contribution in [0.5, 0.6) is 0 Å². The molecule has 0 bridgehead atoms. The standard InChI is InChI=1S/C23H19BrN2O3S/c1-3-18-19(15-7-9-17(24)10-8-15)20-21(30-18)25-13-26(22(20)27)12-14-5-4-6-16(11-14)23(28)29-2/h4-11,13H,3,12H2,1-2H3. The summed E-state index contributed by atoms with van der Waals surface area (Å²) in [6.07, 6.45) is 2.41. The Labute approximate surface area is 186 Å². The number of rotatable bonds is 5. The molecule has 2 aromatic heterocycles. The minimum absolute atomic E-state index is 0.0858. The fourth-order valence-electron chi connectivity index (χ4n) is 3.47. The van der Waals surface area contributed by atoms with E-state index in [0.717, 1.165) is 37.3 Å². The molecule has 0 radical (unpaired) electrons. The first-order valence-electron chi connectivity index (χ1n) is 9.45. The van der Waals surface area contributed by atoms with Crippen molar-refractivity contribution in [1.82, 2.24) is 9.55 Å². The molecule has 30 heavy (non-hydrogen) atoms. The Kier molecular flexibility index (Phi) is 5.83. The molecule has 0 aliphatic carbocycles. The highest BCUT2D eigenvalue weighted by atomic mass is 79.9. The summed E-state index contributed by atoms with van der Waals surface area (Å²) < 4.78 is 7.37. The van der Waals surface area contributed by atoms with Gasteiger partial charge in [-0.15, -0.1) is 11.3 Å². The number of benzene rings is 2. The third-order valence-corrected chi connectivity index (χ3v) is 6.68. The summed E-state index contributed by atoms with van der Waals surface area (Å²) in [4.78, 5) is 31.7. The van der Waals surface area contributed by atoms with Crippen LogP contribution in [0.4, 0.5) is 0 Å². The van der Waals surface area contributed by atoms with Crippen molar-refractivity contribution in [3.8, 4) is 11.1 Å². The van der Waals surface area contributed by atoms with Crippen molar-refractivity contribution in [2.24, 2.45) is 0 Å². The molecule has 0 saturated heterocycles. The third kappa shape index (κ3) is 3.82. The van der Waals surface area contributed by atoms with Crippen LogP contribution in [0.3, 0.4) is 0 Å². The summed E-state index contributed by atoms with van der Waals surface area (Å²) in [5.74, 6) is -0.402. The fraction of sp³-hybridized carbons (Fsp3) is 0.174. The molecule has 0 N–H and O–H groups in total. The number of fused-ring (bicyclic) bond motifs is 1. The van der Waals surface area contributed by atoms with Gasteiger partial charge in [0, 0.05) is 14.9 Å². The average molecular weight is 483 g/mol. The first-order valence-corrected chi connectivity index (χ1v) is 11.1. The minimum Gasteiger partial charge on any atom is -0.465 e.